The molecule has 0 spiro atoms. The highest BCUT2D eigenvalue weighted by Crippen LogP contribution is 2.31. The van der Waals surface area contributed by atoms with E-state index < -0.39 is 0 Å². The standard InChI is InChI=1S/C14H17NO2/c16-14(12-7-4-8-12)15-9-13(17-10-15)11-5-2-1-3-6-11/h1-3,5-6,12-13H,4,7-10H2. The number of carbonyl (C=O) groups is 1. The van der Waals surface area contributed by atoms with E-state index in [1.165, 1.54) is 6.42 Å². The molecule has 1 amide bonds. The van der Waals surface area contributed by atoms with Crippen molar-refractivity contribution in [3.8, 4) is 0 Å². The van der Waals surface area contributed by atoms with Gasteiger partial charge in [0.05, 0.1) is 6.54 Å². The Morgan fingerprint density at radius 2 is 2.00 bits per heavy atom. The highest BCUT2D eigenvalue weighted by molar-refractivity contribution is 5.79. The van der Waals surface area contributed by atoms with Gasteiger partial charge in [-0.15, -0.1) is 0 Å². The van der Waals surface area contributed by atoms with E-state index in [2.05, 4.69) is 12.1 Å². The second-order valence-electron chi connectivity index (χ2n) is 4.88. The molecule has 1 heterocycles. The van der Waals surface area contributed by atoms with Gasteiger partial charge >= 0.3 is 0 Å². The molecule has 0 bridgehead atoms. The molecule has 1 saturated heterocycles. The first kappa shape index (κ1) is 10.8. The molecule has 1 aliphatic carbocycles. The number of amides is 1. The molecule has 3 heteroatoms. The van der Waals surface area contributed by atoms with E-state index >= 15 is 0 Å². The van der Waals surface area contributed by atoms with Gasteiger partial charge in [-0.3, -0.25) is 4.79 Å². The third kappa shape index (κ3) is 2.07. The summed E-state index contributed by atoms with van der Waals surface area (Å²) in [7, 11) is 0. The molecule has 0 radical (unpaired) electrons. The van der Waals surface area contributed by atoms with Crippen LogP contribution in [0.25, 0.3) is 0 Å². The molecule has 17 heavy (non-hydrogen) atoms. The van der Waals surface area contributed by atoms with Crippen LogP contribution in [0.3, 0.4) is 0 Å². The van der Waals surface area contributed by atoms with Gasteiger partial charge in [-0.2, -0.15) is 0 Å². The van der Waals surface area contributed by atoms with Gasteiger partial charge < -0.3 is 9.64 Å². The summed E-state index contributed by atoms with van der Waals surface area (Å²) in [6.07, 6.45) is 3.38. The SMILES string of the molecule is O=C(C1CCC1)N1COC(c2ccccc2)C1. The van der Waals surface area contributed by atoms with Crippen molar-refractivity contribution in [2.75, 3.05) is 13.3 Å². The minimum atomic E-state index is 0.0558. The van der Waals surface area contributed by atoms with Crippen LogP contribution >= 0.6 is 0 Å². The fraction of sp³-hybridized carbons (Fsp3) is 0.500. The Morgan fingerprint density at radius 1 is 1.24 bits per heavy atom. The smallest absolute Gasteiger partial charge is 0.227 e. The average Bonchev–Trinajstić information content (AvgIpc) is 2.77. The van der Waals surface area contributed by atoms with E-state index in [-0.39, 0.29) is 17.9 Å². The van der Waals surface area contributed by atoms with E-state index in [1.54, 1.807) is 0 Å². The van der Waals surface area contributed by atoms with Crippen LogP contribution in [0.4, 0.5) is 0 Å². The number of rotatable bonds is 2. The Kier molecular flexibility index (Phi) is 2.85. The lowest BCUT2D eigenvalue weighted by molar-refractivity contribution is -0.138. The molecule has 1 atom stereocenters. The lowest BCUT2D eigenvalue weighted by atomic mass is 9.84. The minimum absolute atomic E-state index is 0.0558. The zero-order valence-electron chi connectivity index (χ0n) is 9.84. The fourth-order valence-electron chi connectivity index (χ4n) is 2.42. The highest BCUT2D eigenvalue weighted by Gasteiger charge is 2.34. The average molecular weight is 231 g/mol. The van der Waals surface area contributed by atoms with Crippen molar-refractivity contribution in [3.05, 3.63) is 35.9 Å². The number of hydrogen-bond acceptors (Lipinski definition) is 2. The summed E-state index contributed by atoms with van der Waals surface area (Å²) in [5.74, 6) is 0.558. The van der Waals surface area contributed by atoms with Gasteiger partial charge in [0.1, 0.15) is 12.8 Å². The molecule has 0 N–H and O–H groups in total. The lowest BCUT2D eigenvalue weighted by Gasteiger charge is -2.28. The molecule has 0 aromatic heterocycles. The van der Waals surface area contributed by atoms with Crippen molar-refractivity contribution in [2.45, 2.75) is 25.4 Å². The van der Waals surface area contributed by atoms with Crippen molar-refractivity contribution in [2.24, 2.45) is 5.92 Å². The Morgan fingerprint density at radius 3 is 2.65 bits per heavy atom. The molecule has 1 aromatic rings. The van der Waals surface area contributed by atoms with Gasteiger partial charge in [-0.25, -0.2) is 0 Å². The van der Waals surface area contributed by atoms with Gasteiger partial charge in [0, 0.05) is 5.92 Å². The highest BCUT2D eigenvalue weighted by atomic mass is 16.5. The summed E-state index contributed by atoms with van der Waals surface area (Å²) >= 11 is 0. The second-order valence-corrected chi connectivity index (χ2v) is 4.88. The third-order valence-electron chi connectivity index (χ3n) is 3.76. The van der Waals surface area contributed by atoms with Crippen LogP contribution in [0.1, 0.15) is 30.9 Å². The van der Waals surface area contributed by atoms with E-state index in [1.807, 2.05) is 23.1 Å². The maximum Gasteiger partial charge on any atom is 0.227 e. The Labute approximate surface area is 101 Å². The van der Waals surface area contributed by atoms with Crippen molar-refractivity contribution in [1.82, 2.24) is 4.90 Å². The summed E-state index contributed by atoms with van der Waals surface area (Å²) in [5, 5.41) is 0. The van der Waals surface area contributed by atoms with E-state index in [9.17, 15) is 4.79 Å². The van der Waals surface area contributed by atoms with Crippen molar-refractivity contribution in [1.29, 1.82) is 0 Å². The van der Waals surface area contributed by atoms with E-state index in [4.69, 9.17) is 4.74 Å². The molecular formula is C14H17NO2. The monoisotopic (exact) mass is 231 g/mol. The normalized spacial score (nSPS) is 24.7. The number of carbonyl (C=O) groups excluding carboxylic acids is 1. The maximum absolute atomic E-state index is 12.1. The first-order valence-electron chi connectivity index (χ1n) is 6.30. The molecule has 3 rings (SSSR count). The Hall–Kier alpha value is -1.35. The minimum Gasteiger partial charge on any atom is -0.351 e. The second kappa shape index (κ2) is 4.49. The molecule has 2 fully saturated rings. The predicted octanol–water partition coefficient (Wildman–Crippen LogP) is 2.34. The molecule has 1 aliphatic heterocycles. The van der Waals surface area contributed by atoms with E-state index in [0.717, 1.165) is 18.4 Å². The number of nitrogens with zero attached hydrogens (tertiary/aromatic N) is 1. The van der Waals surface area contributed by atoms with Gasteiger partial charge in [0.2, 0.25) is 5.91 Å². The summed E-state index contributed by atoms with van der Waals surface area (Å²) in [6, 6.07) is 10.1. The van der Waals surface area contributed by atoms with Gasteiger partial charge in [-0.05, 0) is 18.4 Å². The Balaban J connectivity index is 1.63. The Bertz CT molecular complexity index is 400. The number of ether oxygens (including phenoxy) is 1. The topological polar surface area (TPSA) is 29.5 Å². The summed E-state index contributed by atoms with van der Waals surface area (Å²) in [4.78, 5) is 13.9. The predicted molar refractivity (Wildman–Crippen MR) is 64.2 cm³/mol. The van der Waals surface area contributed by atoms with E-state index in [0.29, 0.717) is 13.3 Å². The van der Waals surface area contributed by atoms with Crippen molar-refractivity contribution in [3.63, 3.8) is 0 Å². The fourth-order valence-corrected chi connectivity index (χ4v) is 2.42. The van der Waals surface area contributed by atoms with Crippen molar-refractivity contribution >= 4 is 5.91 Å². The van der Waals surface area contributed by atoms with Crippen molar-refractivity contribution < 1.29 is 9.53 Å². The van der Waals surface area contributed by atoms with Gasteiger partial charge in [0.15, 0.2) is 0 Å². The van der Waals surface area contributed by atoms with Gasteiger partial charge in [0.25, 0.3) is 0 Å². The van der Waals surface area contributed by atoms with Crippen LogP contribution < -0.4 is 0 Å². The van der Waals surface area contributed by atoms with Crippen LogP contribution in [-0.4, -0.2) is 24.1 Å². The zero-order chi connectivity index (χ0) is 11.7. The third-order valence-corrected chi connectivity index (χ3v) is 3.76. The number of hydrogen-bond donors (Lipinski definition) is 0. The molecule has 90 valence electrons. The molecule has 1 saturated carbocycles. The molecule has 1 aromatic carbocycles. The molecular weight excluding hydrogens is 214 g/mol. The zero-order valence-corrected chi connectivity index (χ0v) is 9.84. The summed E-state index contributed by atoms with van der Waals surface area (Å²) in [5.41, 5.74) is 1.16. The lowest BCUT2D eigenvalue weighted by Crippen LogP contribution is -2.37. The summed E-state index contributed by atoms with van der Waals surface area (Å²) < 4.78 is 5.70. The van der Waals surface area contributed by atoms with Crippen LogP contribution in [0.5, 0.6) is 0 Å². The first-order chi connectivity index (χ1) is 8.34. The molecule has 3 nitrogen and oxygen atoms in total. The molecule has 1 unspecified atom stereocenters. The van der Waals surface area contributed by atoms with Gasteiger partial charge in [-0.1, -0.05) is 36.8 Å². The van der Waals surface area contributed by atoms with Crippen LogP contribution in [0.2, 0.25) is 0 Å². The first-order valence-corrected chi connectivity index (χ1v) is 6.30. The quantitative estimate of drug-likeness (QED) is 0.782. The maximum atomic E-state index is 12.1. The largest absolute Gasteiger partial charge is 0.351 e. The van der Waals surface area contributed by atoms with Crippen LogP contribution in [0.15, 0.2) is 30.3 Å². The van der Waals surface area contributed by atoms with Crippen LogP contribution in [0, 0.1) is 5.92 Å². The summed E-state index contributed by atoms with van der Waals surface area (Å²) in [6.45, 7) is 1.16. The van der Waals surface area contributed by atoms with Crippen LogP contribution in [-0.2, 0) is 9.53 Å². The molecule has 2 aliphatic rings. The number of benzene rings is 1.